The topological polar surface area (TPSA) is 56.1 Å². The Balaban J connectivity index is 2.16. The highest BCUT2D eigenvalue weighted by molar-refractivity contribution is 9.10. The van der Waals surface area contributed by atoms with Gasteiger partial charge >= 0.3 is 5.97 Å². The Morgan fingerprint density at radius 3 is 3.33 bits per heavy atom. The van der Waals surface area contributed by atoms with Gasteiger partial charge in [-0.3, -0.25) is 0 Å². The number of aromatic nitrogens is 2. The van der Waals surface area contributed by atoms with Gasteiger partial charge in [-0.1, -0.05) is 0 Å². The summed E-state index contributed by atoms with van der Waals surface area (Å²) in [5, 5.41) is 7.10. The molecular weight excluding hydrogens is 262 g/mol. The number of carbonyl (C=O) groups excluding carboxylic acids is 1. The SMILES string of the molecule is CCOC(=O)C1=CNc2c(Br)cnn2C1. The van der Waals surface area contributed by atoms with Crippen LogP contribution in [0.2, 0.25) is 0 Å². The van der Waals surface area contributed by atoms with E-state index in [4.69, 9.17) is 4.74 Å². The average molecular weight is 272 g/mol. The van der Waals surface area contributed by atoms with Gasteiger partial charge in [0.1, 0.15) is 5.82 Å². The Bertz CT molecular complexity index is 425. The molecule has 1 N–H and O–H groups in total. The predicted molar refractivity (Wildman–Crippen MR) is 58.3 cm³/mol. The Kier molecular flexibility index (Phi) is 2.77. The number of hydrogen-bond donors (Lipinski definition) is 1. The lowest BCUT2D eigenvalue weighted by Crippen LogP contribution is -2.20. The number of fused-ring (bicyclic) bond motifs is 1. The molecule has 0 bridgehead atoms. The van der Waals surface area contributed by atoms with Gasteiger partial charge in [0, 0.05) is 6.20 Å². The van der Waals surface area contributed by atoms with Gasteiger partial charge in [-0.2, -0.15) is 5.10 Å². The maximum absolute atomic E-state index is 11.4. The van der Waals surface area contributed by atoms with E-state index in [1.54, 1.807) is 24.0 Å². The number of nitrogens with zero attached hydrogens (tertiary/aromatic N) is 2. The first-order valence-electron chi connectivity index (χ1n) is 4.56. The smallest absolute Gasteiger partial charge is 0.337 e. The Hall–Kier alpha value is -1.30. The normalized spacial score (nSPS) is 13.9. The van der Waals surface area contributed by atoms with Crippen LogP contribution in [0.15, 0.2) is 22.4 Å². The first-order chi connectivity index (χ1) is 7.22. The van der Waals surface area contributed by atoms with Crippen molar-refractivity contribution in [3.8, 4) is 0 Å². The summed E-state index contributed by atoms with van der Waals surface area (Å²) in [6.45, 7) is 2.60. The van der Waals surface area contributed by atoms with Gasteiger partial charge in [0.2, 0.25) is 0 Å². The zero-order valence-electron chi connectivity index (χ0n) is 8.16. The van der Waals surface area contributed by atoms with Crippen LogP contribution in [0, 0.1) is 0 Å². The summed E-state index contributed by atoms with van der Waals surface area (Å²) in [6, 6.07) is 0. The fourth-order valence-corrected chi connectivity index (χ4v) is 1.75. The minimum Gasteiger partial charge on any atom is -0.463 e. The van der Waals surface area contributed by atoms with Crippen molar-refractivity contribution in [2.24, 2.45) is 0 Å². The van der Waals surface area contributed by atoms with Crippen LogP contribution in [0.3, 0.4) is 0 Å². The van der Waals surface area contributed by atoms with Crippen LogP contribution >= 0.6 is 15.9 Å². The van der Waals surface area contributed by atoms with Gasteiger partial charge in [0.15, 0.2) is 0 Å². The summed E-state index contributed by atoms with van der Waals surface area (Å²) in [6.07, 6.45) is 3.34. The molecule has 0 fully saturated rings. The van der Waals surface area contributed by atoms with Crippen LogP contribution in [0.1, 0.15) is 6.92 Å². The van der Waals surface area contributed by atoms with E-state index >= 15 is 0 Å². The van der Waals surface area contributed by atoms with Crippen molar-refractivity contribution < 1.29 is 9.53 Å². The Morgan fingerprint density at radius 2 is 2.60 bits per heavy atom. The van der Waals surface area contributed by atoms with Crippen LogP contribution in [0.25, 0.3) is 0 Å². The zero-order valence-corrected chi connectivity index (χ0v) is 9.74. The summed E-state index contributed by atoms with van der Waals surface area (Å²) >= 11 is 3.35. The molecule has 0 spiro atoms. The van der Waals surface area contributed by atoms with Crippen LogP contribution in [0.4, 0.5) is 5.82 Å². The number of hydrogen-bond acceptors (Lipinski definition) is 4. The monoisotopic (exact) mass is 271 g/mol. The van der Waals surface area contributed by atoms with Crippen molar-refractivity contribution in [3.05, 3.63) is 22.4 Å². The molecule has 0 atom stereocenters. The standard InChI is InChI=1S/C9H10BrN3O2/c1-2-15-9(14)6-3-11-8-7(10)4-12-13(8)5-6/h3-4,11H,2,5H2,1H3. The lowest BCUT2D eigenvalue weighted by Gasteiger charge is -2.15. The van der Waals surface area contributed by atoms with Crippen LogP contribution in [0.5, 0.6) is 0 Å². The molecule has 6 heteroatoms. The number of ether oxygens (including phenoxy) is 1. The second-order valence-electron chi connectivity index (χ2n) is 3.03. The lowest BCUT2D eigenvalue weighted by atomic mass is 10.2. The van der Waals surface area contributed by atoms with E-state index in [0.29, 0.717) is 18.7 Å². The summed E-state index contributed by atoms with van der Waals surface area (Å²) in [7, 11) is 0. The van der Waals surface area contributed by atoms with Gasteiger partial charge in [-0.05, 0) is 22.9 Å². The van der Waals surface area contributed by atoms with Gasteiger partial charge in [-0.25, -0.2) is 9.48 Å². The second-order valence-corrected chi connectivity index (χ2v) is 3.89. The van der Waals surface area contributed by atoms with E-state index in [0.717, 1.165) is 10.3 Å². The largest absolute Gasteiger partial charge is 0.463 e. The van der Waals surface area contributed by atoms with Gasteiger partial charge in [-0.15, -0.1) is 0 Å². The maximum Gasteiger partial charge on any atom is 0.337 e. The fourth-order valence-electron chi connectivity index (χ4n) is 1.34. The molecule has 0 amide bonds. The minimum absolute atomic E-state index is 0.303. The molecule has 0 aromatic carbocycles. The molecule has 1 aromatic heterocycles. The number of esters is 1. The van der Waals surface area contributed by atoms with E-state index in [2.05, 4.69) is 26.3 Å². The molecule has 1 aromatic rings. The fraction of sp³-hybridized carbons (Fsp3) is 0.333. The van der Waals surface area contributed by atoms with E-state index in [1.807, 2.05) is 0 Å². The highest BCUT2D eigenvalue weighted by Gasteiger charge is 2.19. The zero-order chi connectivity index (χ0) is 10.8. The molecule has 0 radical (unpaired) electrons. The van der Waals surface area contributed by atoms with Crippen molar-refractivity contribution in [2.75, 3.05) is 11.9 Å². The van der Waals surface area contributed by atoms with E-state index in [1.165, 1.54) is 0 Å². The molecule has 1 aliphatic heterocycles. The van der Waals surface area contributed by atoms with E-state index in [9.17, 15) is 4.79 Å². The lowest BCUT2D eigenvalue weighted by molar-refractivity contribution is -0.138. The molecule has 2 heterocycles. The molecule has 2 rings (SSSR count). The third-order valence-corrected chi connectivity index (χ3v) is 2.62. The van der Waals surface area contributed by atoms with Gasteiger partial charge < -0.3 is 10.1 Å². The Labute approximate surface area is 95.2 Å². The number of nitrogens with one attached hydrogen (secondary N) is 1. The van der Waals surface area contributed by atoms with E-state index in [-0.39, 0.29) is 5.97 Å². The summed E-state index contributed by atoms with van der Waals surface area (Å²) in [4.78, 5) is 11.4. The summed E-state index contributed by atoms with van der Waals surface area (Å²) in [5.74, 6) is 0.547. The molecule has 0 aliphatic carbocycles. The first-order valence-corrected chi connectivity index (χ1v) is 5.35. The number of carbonyl (C=O) groups is 1. The molecule has 5 nitrogen and oxygen atoms in total. The summed E-state index contributed by atoms with van der Waals surface area (Å²) < 4.78 is 7.48. The molecule has 1 aliphatic rings. The highest BCUT2D eigenvalue weighted by atomic mass is 79.9. The molecule has 80 valence electrons. The second kappa shape index (κ2) is 4.06. The van der Waals surface area contributed by atoms with Crippen molar-refractivity contribution in [1.29, 1.82) is 0 Å². The van der Waals surface area contributed by atoms with Gasteiger partial charge in [0.25, 0.3) is 0 Å². The molecular formula is C9H10BrN3O2. The molecule has 0 saturated carbocycles. The number of halogens is 1. The van der Waals surface area contributed by atoms with E-state index < -0.39 is 0 Å². The molecule has 0 saturated heterocycles. The first kappa shape index (κ1) is 10.2. The quantitative estimate of drug-likeness (QED) is 0.829. The molecule has 0 unspecified atom stereocenters. The van der Waals surface area contributed by atoms with Crippen molar-refractivity contribution in [2.45, 2.75) is 13.5 Å². The van der Waals surface area contributed by atoms with Crippen LogP contribution in [-0.2, 0) is 16.1 Å². The highest BCUT2D eigenvalue weighted by Crippen LogP contribution is 2.25. The number of rotatable bonds is 2. The Morgan fingerprint density at radius 1 is 1.80 bits per heavy atom. The maximum atomic E-state index is 11.4. The van der Waals surface area contributed by atoms with Crippen LogP contribution in [-0.4, -0.2) is 22.4 Å². The summed E-state index contributed by atoms with van der Waals surface area (Å²) in [5.41, 5.74) is 0.569. The average Bonchev–Trinajstić information content (AvgIpc) is 2.60. The third kappa shape index (κ3) is 1.90. The third-order valence-electron chi connectivity index (χ3n) is 2.04. The van der Waals surface area contributed by atoms with Crippen molar-refractivity contribution in [1.82, 2.24) is 9.78 Å². The van der Waals surface area contributed by atoms with Crippen LogP contribution < -0.4 is 5.32 Å². The molecule has 15 heavy (non-hydrogen) atoms. The number of anilines is 1. The van der Waals surface area contributed by atoms with Crippen molar-refractivity contribution >= 4 is 27.7 Å². The van der Waals surface area contributed by atoms with Crippen molar-refractivity contribution in [3.63, 3.8) is 0 Å². The van der Waals surface area contributed by atoms with Gasteiger partial charge in [0.05, 0.1) is 29.4 Å². The predicted octanol–water partition coefficient (Wildman–Crippen LogP) is 1.52. The minimum atomic E-state index is -0.303.